The van der Waals surface area contributed by atoms with E-state index in [0.29, 0.717) is 10.9 Å². The molecule has 6 heteroatoms. The van der Waals surface area contributed by atoms with Crippen molar-refractivity contribution in [3.05, 3.63) is 35.5 Å². The Balaban J connectivity index is 1.94. The van der Waals surface area contributed by atoms with Gasteiger partial charge in [0.25, 0.3) is 0 Å². The SMILES string of the molecule is CN(C)CCCN1c2ccccc2Oc2cc(Cl)nnc21. The van der Waals surface area contributed by atoms with E-state index in [2.05, 4.69) is 34.1 Å². The van der Waals surface area contributed by atoms with Crippen LogP contribution >= 0.6 is 11.6 Å². The first kappa shape index (κ1) is 14.1. The molecular formula is C15H17ClN4O. The van der Waals surface area contributed by atoms with Crippen LogP contribution in [0.25, 0.3) is 0 Å². The maximum absolute atomic E-state index is 5.92. The minimum absolute atomic E-state index is 0.335. The molecule has 0 saturated carbocycles. The van der Waals surface area contributed by atoms with E-state index in [4.69, 9.17) is 16.3 Å². The molecule has 5 nitrogen and oxygen atoms in total. The van der Waals surface area contributed by atoms with E-state index in [1.54, 1.807) is 6.07 Å². The fraction of sp³-hybridized carbons (Fsp3) is 0.333. The van der Waals surface area contributed by atoms with Gasteiger partial charge in [-0.05, 0) is 39.2 Å². The van der Waals surface area contributed by atoms with Gasteiger partial charge >= 0.3 is 0 Å². The minimum Gasteiger partial charge on any atom is -0.451 e. The van der Waals surface area contributed by atoms with Crippen LogP contribution in [0.3, 0.4) is 0 Å². The van der Waals surface area contributed by atoms with Crippen LogP contribution in [0.1, 0.15) is 6.42 Å². The minimum atomic E-state index is 0.335. The van der Waals surface area contributed by atoms with Gasteiger partial charge in [0.05, 0.1) is 5.69 Å². The molecule has 1 aliphatic rings. The lowest BCUT2D eigenvalue weighted by Crippen LogP contribution is -2.26. The first-order valence-electron chi connectivity index (χ1n) is 6.87. The van der Waals surface area contributed by atoms with Gasteiger partial charge in [0.15, 0.2) is 22.5 Å². The Bertz CT molecular complexity index is 647. The van der Waals surface area contributed by atoms with E-state index >= 15 is 0 Å². The average Bonchev–Trinajstić information content (AvgIpc) is 2.46. The summed E-state index contributed by atoms with van der Waals surface area (Å²) in [7, 11) is 4.14. The number of rotatable bonds is 4. The molecule has 1 aliphatic heterocycles. The summed E-state index contributed by atoms with van der Waals surface area (Å²) in [4.78, 5) is 4.31. The standard InChI is InChI=1S/C15H17ClN4O/c1-19(2)8-5-9-20-11-6-3-4-7-12(11)21-13-10-14(16)17-18-15(13)20/h3-4,6-7,10H,5,8-9H2,1-2H3. The molecule has 0 fully saturated rings. The van der Waals surface area contributed by atoms with Crippen LogP contribution in [0, 0.1) is 0 Å². The van der Waals surface area contributed by atoms with E-state index < -0.39 is 0 Å². The summed E-state index contributed by atoms with van der Waals surface area (Å²) in [6, 6.07) is 9.64. The summed E-state index contributed by atoms with van der Waals surface area (Å²) in [5, 5.41) is 8.48. The highest BCUT2D eigenvalue weighted by molar-refractivity contribution is 6.29. The van der Waals surface area contributed by atoms with Crippen molar-refractivity contribution >= 4 is 23.1 Å². The van der Waals surface area contributed by atoms with E-state index in [1.165, 1.54) is 0 Å². The second-order valence-corrected chi connectivity index (χ2v) is 5.62. The van der Waals surface area contributed by atoms with Gasteiger partial charge in [0.1, 0.15) is 0 Å². The zero-order valence-corrected chi connectivity index (χ0v) is 12.8. The third-order valence-corrected chi connectivity index (χ3v) is 3.51. The molecule has 0 saturated heterocycles. The molecular weight excluding hydrogens is 288 g/mol. The first-order valence-corrected chi connectivity index (χ1v) is 7.25. The highest BCUT2D eigenvalue weighted by atomic mass is 35.5. The maximum atomic E-state index is 5.92. The molecule has 110 valence electrons. The van der Waals surface area contributed by atoms with Crippen molar-refractivity contribution in [3.63, 3.8) is 0 Å². The van der Waals surface area contributed by atoms with Gasteiger partial charge in [0.2, 0.25) is 0 Å². The lowest BCUT2D eigenvalue weighted by atomic mass is 10.2. The largest absolute Gasteiger partial charge is 0.451 e. The van der Waals surface area contributed by atoms with Crippen LogP contribution in [0.4, 0.5) is 11.5 Å². The lowest BCUT2D eigenvalue weighted by molar-refractivity contribution is 0.400. The zero-order valence-electron chi connectivity index (χ0n) is 12.1. The molecule has 0 atom stereocenters. The van der Waals surface area contributed by atoms with Crippen molar-refractivity contribution < 1.29 is 4.74 Å². The van der Waals surface area contributed by atoms with Crippen LogP contribution in [-0.2, 0) is 0 Å². The van der Waals surface area contributed by atoms with Gasteiger partial charge in [-0.3, -0.25) is 0 Å². The van der Waals surface area contributed by atoms with Gasteiger partial charge in [-0.1, -0.05) is 23.7 Å². The van der Waals surface area contributed by atoms with Gasteiger partial charge < -0.3 is 14.5 Å². The molecule has 0 radical (unpaired) electrons. The van der Waals surface area contributed by atoms with Gasteiger partial charge in [-0.2, -0.15) is 0 Å². The molecule has 0 bridgehead atoms. The van der Waals surface area contributed by atoms with Crippen molar-refractivity contribution in [2.45, 2.75) is 6.42 Å². The molecule has 21 heavy (non-hydrogen) atoms. The number of nitrogens with zero attached hydrogens (tertiary/aromatic N) is 4. The number of benzene rings is 1. The van der Waals surface area contributed by atoms with E-state index in [-0.39, 0.29) is 0 Å². The summed E-state index contributed by atoms with van der Waals surface area (Å²) in [5.74, 6) is 2.19. The third-order valence-electron chi connectivity index (χ3n) is 3.33. The highest BCUT2D eigenvalue weighted by Crippen LogP contribution is 2.45. The summed E-state index contributed by atoms with van der Waals surface area (Å²) in [6.07, 6.45) is 1.02. The molecule has 0 amide bonds. The van der Waals surface area contributed by atoms with Crippen LogP contribution in [0.5, 0.6) is 11.5 Å². The second kappa shape index (κ2) is 5.87. The monoisotopic (exact) mass is 304 g/mol. The van der Waals surface area contributed by atoms with Gasteiger partial charge in [0, 0.05) is 12.6 Å². The Morgan fingerprint density at radius 1 is 1.19 bits per heavy atom. The van der Waals surface area contributed by atoms with E-state index in [1.807, 2.05) is 24.3 Å². The Morgan fingerprint density at radius 2 is 2.00 bits per heavy atom. The van der Waals surface area contributed by atoms with Gasteiger partial charge in [-0.15, -0.1) is 10.2 Å². The number of hydrogen-bond donors (Lipinski definition) is 0. The summed E-state index contributed by atoms with van der Waals surface area (Å²) in [5.41, 5.74) is 1.01. The second-order valence-electron chi connectivity index (χ2n) is 5.23. The number of aromatic nitrogens is 2. The Kier molecular flexibility index (Phi) is 3.94. The molecule has 3 rings (SSSR count). The third kappa shape index (κ3) is 2.94. The van der Waals surface area contributed by atoms with Gasteiger partial charge in [-0.25, -0.2) is 0 Å². The average molecular weight is 305 g/mol. The number of para-hydroxylation sites is 2. The lowest BCUT2D eigenvalue weighted by Gasteiger charge is -2.31. The van der Waals surface area contributed by atoms with Crippen LogP contribution in [0.2, 0.25) is 5.15 Å². The van der Waals surface area contributed by atoms with Crippen molar-refractivity contribution in [2.75, 3.05) is 32.1 Å². The Labute approximate surface area is 129 Å². The van der Waals surface area contributed by atoms with E-state index in [0.717, 1.165) is 36.8 Å². The molecule has 0 spiro atoms. The van der Waals surface area contributed by atoms with E-state index in [9.17, 15) is 0 Å². The zero-order chi connectivity index (χ0) is 14.8. The first-order chi connectivity index (χ1) is 10.1. The molecule has 2 heterocycles. The number of hydrogen-bond acceptors (Lipinski definition) is 5. The number of anilines is 2. The Hall–Kier alpha value is -1.85. The summed E-state index contributed by atoms with van der Waals surface area (Å²) < 4.78 is 5.88. The number of ether oxygens (including phenoxy) is 1. The Morgan fingerprint density at radius 3 is 2.81 bits per heavy atom. The predicted molar refractivity (Wildman–Crippen MR) is 83.7 cm³/mol. The van der Waals surface area contributed by atoms with Crippen molar-refractivity contribution in [3.8, 4) is 11.5 Å². The van der Waals surface area contributed by atoms with Crippen molar-refractivity contribution in [1.82, 2.24) is 15.1 Å². The normalized spacial score (nSPS) is 12.9. The molecule has 2 aromatic rings. The fourth-order valence-electron chi connectivity index (χ4n) is 2.38. The van der Waals surface area contributed by atoms with Crippen LogP contribution < -0.4 is 9.64 Å². The number of fused-ring (bicyclic) bond motifs is 2. The highest BCUT2D eigenvalue weighted by Gasteiger charge is 2.26. The molecule has 0 aliphatic carbocycles. The smallest absolute Gasteiger partial charge is 0.199 e. The summed E-state index contributed by atoms with van der Waals surface area (Å²) in [6.45, 7) is 1.86. The molecule has 0 unspecified atom stereocenters. The van der Waals surface area contributed by atoms with Crippen molar-refractivity contribution in [1.29, 1.82) is 0 Å². The fourth-order valence-corrected chi connectivity index (χ4v) is 2.52. The van der Waals surface area contributed by atoms with Crippen molar-refractivity contribution in [2.24, 2.45) is 0 Å². The molecule has 1 aromatic carbocycles. The summed E-state index contributed by atoms with van der Waals surface area (Å²) >= 11 is 5.92. The van der Waals surface area contributed by atoms with Crippen LogP contribution in [-0.4, -0.2) is 42.3 Å². The quantitative estimate of drug-likeness (QED) is 0.866. The topological polar surface area (TPSA) is 41.5 Å². The maximum Gasteiger partial charge on any atom is 0.199 e. The van der Waals surface area contributed by atoms with Crippen LogP contribution in [0.15, 0.2) is 30.3 Å². The molecule has 0 N–H and O–H groups in total. The molecule has 1 aromatic heterocycles. The number of halogens is 1. The predicted octanol–water partition coefficient (Wildman–Crippen LogP) is 3.33.